The minimum Gasteiger partial charge on any atom is -0.398 e. The number of tetrazole rings is 1. The van der Waals surface area contributed by atoms with Crippen LogP contribution in [0.25, 0.3) is 11.4 Å². The van der Waals surface area contributed by atoms with Gasteiger partial charge >= 0.3 is 0 Å². The Hall–Kier alpha value is -1.91. The fraction of sp³-hybridized carbons (Fsp3) is 0.533. The van der Waals surface area contributed by atoms with Gasteiger partial charge in [0.2, 0.25) is 0 Å². The third kappa shape index (κ3) is 2.81. The second kappa shape index (κ2) is 5.23. The zero-order valence-electron chi connectivity index (χ0n) is 12.9. The summed E-state index contributed by atoms with van der Waals surface area (Å²) in [6, 6.07) is 5.84. The average molecular weight is 273 g/mol. The number of nitrogens with zero attached hydrogens (tertiary/aromatic N) is 4. The number of nitrogen functional groups attached to an aromatic ring is 1. The summed E-state index contributed by atoms with van der Waals surface area (Å²) in [4.78, 5) is 0. The zero-order valence-corrected chi connectivity index (χ0v) is 12.9. The van der Waals surface area contributed by atoms with Crippen molar-refractivity contribution < 1.29 is 0 Å². The van der Waals surface area contributed by atoms with Crippen LogP contribution >= 0.6 is 0 Å². The molecule has 2 aromatic rings. The number of hydrogen-bond donors (Lipinski definition) is 1. The molecule has 1 aromatic heterocycles. The van der Waals surface area contributed by atoms with Crippen LogP contribution in [0.15, 0.2) is 18.2 Å². The van der Waals surface area contributed by atoms with E-state index in [1.165, 1.54) is 0 Å². The highest BCUT2D eigenvalue weighted by Gasteiger charge is 2.23. The molecule has 0 radical (unpaired) electrons. The van der Waals surface area contributed by atoms with E-state index in [4.69, 9.17) is 5.73 Å². The van der Waals surface area contributed by atoms with Gasteiger partial charge in [0.05, 0.1) is 0 Å². The molecular weight excluding hydrogens is 250 g/mol. The largest absolute Gasteiger partial charge is 0.398 e. The molecule has 1 atom stereocenters. The quantitative estimate of drug-likeness (QED) is 0.873. The normalized spacial score (nSPS) is 13.4. The van der Waals surface area contributed by atoms with Gasteiger partial charge in [-0.15, -0.1) is 5.10 Å². The minimum atomic E-state index is 0.216. The molecule has 0 aliphatic carbocycles. The molecule has 5 nitrogen and oxygen atoms in total. The number of rotatable bonds is 3. The first-order valence-corrected chi connectivity index (χ1v) is 6.92. The standard InChI is InChI=1S/C15H23N5/c1-10(15(3,4)5)9-20-14(17-18-19-20)12-7-6-8-13(16)11(12)2/h6-8,10H,9,16H2,1-5H3. The van der Waals surface area contributed by atoms with E-state index in [0.29, 0.717) is 5.92 Å². The van der Waals surface area contributed by atoms with E-state index < -0.39 is 0 Å². The number of aromatic nitrogens is 4. The first kappa shape index (κ1) is 14.5. The van der Waals surface area contributed by atoms with Crippen molar-refractivity contribution in [2.45, 2.75) is 41.2 Å². The first-order valence-electron chi connectivity index (χ1n) is 6.92. The molecule has 1 unspecified atom stereocenters. The molecule has 5 heteroatoms. The molecule has 0 aliphatic heterocycles. The van der Waals surface area contributed by atoms with Crippen LogP contribution in [0.5, 0.6) is 0 Å². The predicted octanol–water partition coefficient (Wildman–Crippen LogP) is 2.91. The molecule has 1 heterocycles. The van der Waals surface area contributed by atoms with Gasteiger partial charge in [-0.1, -0.05) is 39.8 Å². The van der Waals surface area contributed by atoms with Crippen LogP contribution in [0.2, 0.25) is 0 Å². The summed E-state index contributed by atoms with van der Waals surface area (Å²) >= 11 is 0. The smallest absolute Gasteiger partial charge is 0.182 e. The lowest BCUT2D eigenvalue weighted by Crippen LogP contribution is -2.23. The average Bonchev–Trinajstić information content (AvgIpc) is 2.79. The Morgan fingerprint density at radius 2 is 2.00 bits per heavy atom. The molecular formula is C15H23N5. The van der Waals surface area contributed by atoms with Crippen molar-refractivity contribution in [2.75, 3.05) is 5.73 Å². The second-order valence-electron chi connectivity index (χ2n) is 6.47. The van der Waals surface area contributed by atoms with Crippen molar-refractivity contribution >= 4 is 5.69 Å². The maximum absolute atomic E-state index is 5.97. The fourth-order valence-electron chi connectivity index (χ4n) is 1.95. The maximum Gasteiger partial charge on any atom is 0.182 e. The fourth-order valence-corrected chi connectivity index (χ4v) is 1.95. The molecule has 20 heavy (non-hydrogen) atoms. The highest BCUT2D eigenvalue weighted by molar-refractivity contribution is 5.67. The van der Waals surface area contributed by atoms with Gasteiger partial charge in [0.15, 0.2) is 5.82 Å². The Morgan fingerprint density at radius 1 is 1.30 bits per heavy atom. The van der Waals surface area contributed by atoms with Gasteiger partial charge in [-0.2, -0.15) is 0 Å². The topological polar surface area (TPSA) is 69.6 Å². The molecule has 0 saturated heterocycles. The lowest BCUT2D eigenvalue weighted by atomic mass is 9.82. The number of nitrogens with two attached hydrogens (primary N) is 1. The van der Waals surface area contributed by atoms with Gasteiger partial charge < -0.3 is 5.73 Å². The van der Waals surface area contributed by atoms with Gasteiger partial charge in [0.25, 0.3) is 0 Å². The molecule has 1 aromatic carbocycles. The van der Waals surface area contributed by atoms with Crippen LogP contribution in [0.3, 0.4) is 0 Å². The predicted molar refractivity (Wildman–Crippen MR) is 81.0 cm³/mol. The van der Waals surface area contributed by atoms with Crippen LogP contribution < -0.4 is 5.73 Å². The van der Waals surface area contributed by atoms with Gasteiger partial charge in [-0.3, -0.25) is 0 Å². The summed E-state index contributed by atoms with van der Waals surface area (Å²) in [5, 5.41) is 12.1. The minimum absolute atomic E-state index is 0.216. The summed E-state index contributed by atoms with van der Waals surface area (Å²) < 4.78 is 1.87. The molecule has 0 bridgehead atoms. The maximum atomic E-state index is 5.97. The van der Waals surface area contributed by atoms with Gasteiger partial charge in [0.1, 0.15) is 0 Å². The van der Waals surface area contributed by atoms with Crippen LogP contribution in [0.1, 0.15) is 33.3 Å². The van der Waals surface area contributed by atoms with Crippen molar-refractivity contribution in [1.82, 2.24) is 20.2 Å². The Kier molecular flexibility index (Phi) is 3.79. The number of benzene rings is 1. The van der Waals surface area contributed by atoms with Crippen molar-refractivity contribution in [3.8, 4) is 11.4 Å². The molecule has 2 N–H and O–H groups in total. The second-order valence-corrected chi connectivity index (χ2v) is 6.47. The van der Waals surface area contributed by atoms with Crippen LogP contribution in [0.4, 0.5) is 5.69 Å². The van der Waals surface area contributed by atoms with Crippen molar-refractivity contribution in [3.05, 3.63) is 23.8 Å². The number of anilines is 1. The van der Waals surface area contributed by atoms with E-state index in [1.807, 2.05) is 29.8 Å². The van der Waals surface area contributed by atoms with Crippen LogP contribution in [-0.2, 0) is 6.54 Å². The SMILES string of the molecule is Cc1c(N)cccc1-c1nnnn1CC(C)C(C)(C)C. The van der Waals surface area contributed by atoms with Crippen molar-refractivity contribution in [1.29, 1.82) is 0 Å². The molecule has 0 aliphatic rings. The molecule has 0 fully saturated rings. The van der Waals surface area contributed by atoms with E-state index >= 15 is 0 Å². The molecule has 0 saturated carbocycles. The van der Waals surface area contributed by atoms with Gasteiger partial charge in [-0.25, -0.2) is 4.68 Å². The van der Waals surface area contributed by atoms with E-state index in [9.17, 15) is 0 Å². The van der Waals surface area contributed by atoms with E-state index in [1.54, 1.807) is 0 Å². The lowest BCUT2D eigenvalue weighted by Gasteiger charge is -2.27. The number of hydrogen-bond acceptors (Lipinski definition) is 4. The van der Waals surface area contributed by atoms with E-state index in [-0.39, 0.29) is 5.41 Å². The Bertz CT molecular complexity index is 595. The summed E-state index contributed by atoms with van der Waals surface area (Å²) in [6.07, 6.45) is 0. The van der Waals surface area contributed by atoms with E-state index in [0.717, 1.165) is 29.2 Å². The summed E-state index contributed by atoms with van der Waals surface area (Å²) in [7, 11) is 0. The van der Waals surface area contributed by atoms with Crippen LogP contribution in [-0.4, -0.2) is 20.2 Å². The zero-order chi connectivity index (χ0) is 14.9. The third-order valence-corrected chi connectivity index (χ3v) is 4.07. The Balaban J connectivity index is 2.36. The van der Waals surface area contributed by atoms with Gasteiger partial charge in [-0.05, 0) is 40.3 Å². The van der Waals surface area contributed by atoms with Gasteiger partial charge in [0, 0.05) is 17.8 Å². The Labute approximate surface area is 120 Å². The molecule has 0 amide bonds. The molecule has 2 rings (SSSR count). The summed E-state index contributed by atoms with van der Waals surface area (Å²) in [5.74, 6) is 1.25. The lowest BCUT2D eigenvalue weighted by molar-refractivity contribution is 0.225. The molecule has 108 valence electrons. The summed E-state index contributed by atoms with van der Waals surface area (Å²) in [5.41, 5.74) is 8.97. The highest BCUT2D eigenvalue weighted by Crippen LogP contribution is 2.29. The Morgan fingerprint density at radius 3 is 2.65 bits per heavy atom. The summed E-state index contributed by atoms with van der Waals surface area (Å²) in [6.45, 7) is 11.7. The highest BCUT2D eigenvalue weighted by atomic mass is 15.5. The molecule has 0 spiro atoms. The monoisotopic (exact) mass is 273 g/mol. The first-order chi connectivity index (χ1) is 9.30. The van der Waals surface area contributed by atoms with Crippen molar-refractivity contribution in [3.63, 3.8) is 0 Å². The van der Waals surface area contributed by atoms with Crippen LogP contribution in [0, 0.1) is 18.3 Å². The third-order valence-electron chi connectivity index (χ3n) is 4.07. The van der Waals surface area contributed by atoms with E-state index in [2.05, 4.69) is 43.2 Å². The van der Waals surface area contributed by atoms with Crippen molar-refractivity contribution in [2.24, 2.45) is 11.3 Å².